The Morgan fingerprint density at radius 3 is 2.54 bits per heavy atom. The third-order valence-corrected chi connectivity index (χ3v) is 5.85. The second kappa shape index (κ2) is 7.47. The van der Waals surface area contributed by atoms with Crippen LogP contribution in [-0.2, 0) is 14.8 Å². The number of hydrogen-bond acceptors (Lipinski definition) is 6. The van der Waals surface area contributed by atoms with E-state index in [1.165, 1.54) is 19.2 Å². The lowest BCUT2D eigenvalue weighted by Crippen LogP contribution is -2.24. The van der Waals surface area contributed by atoms with Gasteiger partial charge in [0.15, 0.2) is 5.75 Å². The van der Waals surface area contributed by atoms with E-state index in [0.717, 1.165) is 23.7 Å². The molecule has 0 bridgehead atoms. The summed E-state index contributed by atoms with van der Waals surface area (Å²) in [6.45, 7) is 2.43. The van der Waals surface area contributed by atoms with Gasteiger partial charge in [0, 0.05) is 30.4 Å². The lowest BCUT2D eigenvalue weighted by Gasteiger charge is -2.19. The van der Waals surface area contributed by atoms with Crippen molar-refractivity contribution in [2.45, 2.75) is 24.7 Å². The minimum atomic E-state index is -4.04. The van der Waals surface area contributed by atoms with E-state index in [1.807, 2.05) is 0 Å². The minimum absolute atomic E-state index is 0.0283. The number of nitro groups is 1. The zero-order chi connectivity index (χ0) is 20.5. The normalized spacial score (nSPS) is 14.2. The van der Waals surface area contributed by atoms with Crippen molar-refractivity contribution < 1.29 is 22.9 Å². The number of nitrogens with one attached hydrogen (secondary N) is 1. The lowest BCUT2D eigenvalue weighted by molar-refractivity contribution is -0.386. The van der Waals surface area contributed by atoms with Gasteiger partial charge in [0.2, 0.25) is 5.91 Å². The lowest BCUT2D eigenvalue weighted by atomic mass is 10.1. The van der Waals surface area contributed by atoms with Crippen LogP contribution in [0.1, 0.15) is 18.4 Å². The smallest absolute Gasteiger partial charge is 0.312 e. The zero-order valence-corrected chi connectivity index (χ0v) is 16.2. The van der Waals surface area contributed by atoms with Crippen molar-refractivity contribution in [3.63, 3.8) is 0 Å². The number of benzene rings is 2. The second-order valence-electron chi connectivity index (χ2n) is 6.35. The molecule has 1 saturated heterocycles. The first-order valence-electron chi connectivity index (χ1n) is 8.49. The number of nitrogens with zero attached hydrogens (tertiary/aromatic N) is 2. The standard InChI is InChI=1S/C18H19N3O6S/c1-12-10-13(5-7-15(12)20-9-3-4-18(20)22)19-28(25,26)14-6-8-17(27-2)16(11-14)21(23)24/h5-8,10-11,19H,3-4,9H2,1-2H3. The van der Waals surface area contributed by atoms with Gasteiger partial charge >= 0.3 is 5.69 Å². The van der Waals surface area contributed by atoms with Crippen molar-refractivity contribution in [3.8, 4) is 5.75 Å². The highest BCUT2D eigenvalue weighted by molar-refractivity contribution is 7.92. The molecule has 10 heteroatoms. The highest BCUT2D eigenvalue weighted by Gasteiger charge is 2.24. The van der Waals surface area contributed by atoms with Crippen molar-refractivity contribution in [2.75, 3.05) is 23.3 Å². The first-order chi connectivity index (χ1) is 13.2. The number of sulfonamides is 1. The first kappa shape index (κ1) is 19.6. The Morgan fingerprint density at radius 1 is 1.21 bits per heavy atom. The van der Waals surface area contributed by atoms with Gasteiger partial charge in [-0.2, -0.15) is 0 Å². The monoisotopic (exact) mass is 405 g/mol. The van der Waals surface area contributed by atoms with Gasteiger partial charge in [-0.25, -0.2) is 8.42 Å². The van der Waals surface area contributed by atoms with E-state index in [1.54, 1.807) is 30.0 Å². The molecule has 28 heavy (non-hydrogen) atoms. The summed E-state index contributed by atoms with van der Waals surface area (Å²) in [6, 6.07) is 8.29. The Bertz CT molecular complexity index is 1050. The van der Waals surface area contributed by atoms with Gasteiger partial charge in [0.05, 0.1) is 16.9 Å². The summed E-state index contributed by atoms with van der Waals surface area (Å²) >= 11 is 0. The molecule has 0 aromatic heterocycles. The molecule has 0 atom stereocenters. The van der Waals surface area contributed by atoms with Crippen molar-refractivity contribution in [2.24, 2.45) is 0 Å². The van der Waals surface area contributed by atoms with E-state index in [4.69, 9.17) is 4.74 Å². The van der Waals surface area contributed by atoms with Crippen LogP contribution in [0.4, 0.5) is 17.1 Å². The van der Waals surface area contributed by atoms with Gasteiger partial charge < -0.3 is 9.64 Å². The Morgan fingerprint density at radius 2 is 1.96 bits per heavy atom. The number of carbonyl (C=O) groups is 1. The summed E-state index contributed by atoms with van der Waals surface area (Å²) in [7, 11) is -2.78. The molecule has 0 aliphatic carbocycles. The Balaban J connectivity index is 1.88. The number of methoxy groups -OCH3 is 1. The number of hydrogen-bond donors (Lipinski definition) is 1. The van der Waals surface area contributed by atoms with Crippen molar-refractivity contribution in [1.29, 1.82) is 0 Å². The minimum Gasteiger partial charge on any atom is -0.490 e. The fraction of sp³-hybridized carbons (Fsp3) is 0.278. The Labute approximate surface area is 162 Å². The molecule has 0 saturated carbocycles. The maximum absolute atomic E-state index is 12.6. The van der Waals surface area contributed by atoms with Gasteiger partial charge in [0.1, 0.15) is 0 Å². The first-order valence-corrected chi connectivity index (χ1v) is 9.97. The van der Waals surface area contributed by atoms with Gasteiger partial charge in [0.25, 0.3) is 10.0 Å². The van der Waals surface area contributed by atoms with E-state index < -0.39 is 20.6 Å². The fourth-order valence-corrected chi connectivity index (χ4v) is 4.19. The molecule has 3 rings (SSSR count). The largest absolute Gasteiger partial charge is 0.490 e. The average Bonchev–Trinajstić information content (AvgIpc) is 3.06. The summed E-state index contributed by atoms with van der Waals surface area (Å²) in [5, 5.41) is 11.1. The van der Waals surface area contributed by atoms with E-state index in [0.29, 0.717) is 18.7 Å². The summed E-state index contributed by atoms with van der Waals surface area (Å²) in [4.78, 5) is 23.8. The van der Waals surface area contributed by atoms with E-state index in [2.05, 4.69) is 4.72 Å². The molecule has 148 valence electrons. The van der Waals surface area contributed by atoms with Crippen LogP contribution in [0, 0.1) is 17.0 Å². The molecule has 0 spiro atoms. The number of amides is 1. The van der Waals surface area contributed by atoms with Crippen molar-refractivity contribution in [3.05, 3.63) is 52.1 Å². The second-order valence-corrected chi connectivity index (χ2v) is 8.03. The molecular weight excluding hydrogens is 386 g/mol. The molecule has 1 N–H and O–H groups in total. The summed E-state index contributed by atoms with van der Waals surface area (Å²) in [5.74, 6) is 0.0152. The third-order valence-electron chi connectivity index (χ3n) is 4.47. The average molecular weight is 405 g/mol. The number of anilines is 2. The molecule has 1 aliphatic rings. The molecule has 1 amide bonds. The number of ether oxygens (including phenoxy) is 1. The van der Waals surface area contributed by atoms with E-state index >= 15 is 0 Å². The summed E-state index contributed by atoms with van der Waals surface area (Å²) < 4.78 is 32.6. The predicted molar refractivity (Wildman–Crippen MR) is 103 cm³/mol. The van der Waals surface area contributed by atoms with Crippen LogP contribution in [0.25, 0.3) is 0 Å². The highest BCUT2D eigenvalue weighted by Crippen LogP contribution is 2.31. The van der Waals surface area contributed by atoms with Crippen LogP contribution in [0.15, 0.2) is 41.3 Å². The van der Waals surface area contributed by atoms with E-state index in [9.17, 15) is 23.3 Å². The van der Waals surface area contributed by atoms with Gasteiger partial charge in [-0.05, 0) is 49.2 Å². The number of rotatable bonds is 6. The van der Waals surface area contributed by atoms with E-state index in [-0.39, 0.29) is 16.6 Å². The molecular formula is C18H19N3O6S. The summed E-state index contributed by atoms with van der Waals surface area (Å²) in [5.41, 5.74) is 1.34. The molecule has 2 aromatic rings. The molecule has 9 nitrogen and oxygen atoms in total. The quantitative estimate of drug-likeness (QED) is 0.583. The Hall–Kier alpha value is -3.14. The Kier molecular flexibility index (Phi) is 5.23. The molecule has 1 aliphatic heterocycles. The molecule has 0 radical (unpaired) electrons. The number of nitro benzene ring substituents is 1. The van der Waals surface area contributed by atoms with Crippen molar-refractivity contribution >= 4 is 33.0 Å². The van der Waals surface area contributed by atoms with Crippen LogP contribution in [0.5, 0.6) is 5.75 Å². The third kappa shape index (κ3) is 3.77. The molecule has 1 heterocycles. The molecule has 0 unspecified atom stereocenters. The van der Waals surface area contributed by atoms with Gasteiger partial charge in [-0.15, -0.1) is 0 Å². The van der Waals surface area contributed by atoms with Gasteiger partial charge in [-0.3, -0.25) is 19.6 Å². The van der Waals surface area contributed by atoms with Crippen LogP contribution in [0.2, 0.25) is 0 Å². The topological polar surface area (TPSA) is 119 Å². The number of aryl methyl sites for hydroxylation is 1. The number of carbonyl (C=O) groups excluding carboxylic acids is 1. The maximum Gasteiger partial charge on any atom is 0.312 e. The SMILES string of the molecule is COc1ccc(S(=O)(=O)Nc2ccc(N3CCCC3=O)c(C)c2)cc1[N+](=O)[O-]. The van der Waals surface area contributed by atoms with Crippen LogP contribution in [0.3, 0.4) is 0 Å². The van der Waals surface area contributed by atoms with Crippen molar-refractivity contribution in [1.82, 2.24) is 0 Å². The summed E-state index contributed by atoms with van der Waals surface area (Å²) in [6.07, 6.45) is 1.30. The fourth-order valence-electron chi connectivity index (χ4n) is 3.12. The molecule has 1 fully saturated rings. The van der Waals surface area contributed by atoms with Crippen LogP contribution in [-0.4, -0.2) is 32.9 Å². The van der Waals surface area contributed by atoms with Gasteiger partial charge in [-0.1, -0.05) is 0 Å². The zero-order valence-electron chi connectivity index (χ0n) is 15.3. The highest BCUT2D eigenvalue weighted by atomic mass is 32.2. The predicted octanol–water partition coefficient (Wildman–Crippen LogP) is 2.84. The molecule has 2 aromatic carbocycles. The van der Waals surface area contributed by atoms with Crippen LogP contribution >= 0.6 is 0 Å². The maximum atomic E-state index is 12.6. The van der Waals surface area contributed by atoms with Crippen LogP contribution < -0.4 is 14.4 Å².